The van der Waals surface area contributed by atoms with Gasteiger partial charge in [0, 0.05) is 13.1 Å². The molecular weight excluding hydrogens is 274 g/mol. The van der Waals surface area contributed by atoms with Gasteiger partial charge in [-0.2, -0.15) is 4.98 Å². The molecule has 1 N–H and O–H groups in total. The molecule has 0 saturated heterocycles. The first-order valence-electron chi connectivity index (χ1n) is 5.33. The molecule has 1 heterocycles. The molecule has 104 valence electrons. The third-order valence-electron chi connectivity index (χ3n) is 2.31. The maximum Gasteiger partial charge on any atom is 0.373 e. The minimum atomic E-state index is -0.996. The van der Waals surface area contributed by atoms with E-state index in [-0.39, 0.29) is 11.6 Å². The van der Waals surface area contributed by atoms with Crippen molar-refractivity contribution in [3.05, 3.63) is 46.3 Å². The topological polar surface area (TPSA) is 90.2 Å². The molecule has 0 fully saturated rings. The van der Waals surface area contributed by atoms with Gasteiger partial charge >= 0.3 is 11.6 Å². The van der Waals surface area contributed by atoms with Crippen LogP contribution in [0.15, 0.2) is 24.5 Å². The van der Waals surface area contributed by atoms with Gasteiger partial charge in [0.05, 0.1) is 4.92 Å². The number of nitro groups is 1. The minimum absolute atomic E-state index is 0.0810. The van der Waals surface area contributed by atoms with Crippen LogP contribution in [0.3, 0.4) is 0 Å². The van der Waals surface area contributed by atoms with Crippen molar-refractivity contribution in [2.45, 2.75) is 0 Å². The van der Waals surface area contributed by atoms with E-state index in [1.54, 1.807) is 0 Å². The average Bonchev–Trinajstić information content (AvgIpc) is 2.41. The molecule has 0 aliphatic carbocycles. The molecule has 20 heavy (non-hydrogen) atoms. The Bertz CT molecular complexity index is 666. The Balaban J connectivity index is 2.45. The van der Waals surface area contributed by atoms with Crippen LogP contribution in [-0.4, -0.2) is 21.9 Å². The maximum absolute atomic E-state index is 13.5. The van der Waals surface area contributed by atoms with Crippen LogP contribution >= 0.6 is 0 Å². The Morgan fingerprint density at radius 1 is 1.35 bits per heavy atom. The van der Waals surface area contributed by atoms with Gasteiger partial charge in [-0.25, -0.2) is 13.8 Å². The second-order valence-electron chi connectivity index (χ2n) is 3.56. The number of hydrogen-bond acceptors (Lipinski definition) is 6. The van der Waals surface area contributed by atoms with Crippen molar-refractivity contribution in [3.8, 4) is 11.6 Å². The van der Waals surface area contributed by atoms with Gasteiger partial charge in [0.1, 0.15) is 12.1 Å². The predicted molar refractivity (Wildman–Crippen MR) is 64.7 cm³/mol. The van der Waals surface area contributed by atoms with E-state index in [2.05, 4.69) is 15.3 Å². The Morgan fingerprint density at radius 2 is 2.10 bits per heavy atom. The Kier molecular flexibility index (Phi) is 3.69. The molecule has 0 amide bonds. The summed E-state index contributed by atoms with van der Waals surface area (Å²) in [4.78, 5) is 17.5. The summed E-state index contributed by atoms with van der Waals surface area (Å²) in [7, 11) is 1.43. The number of hydrogen-bond donors (Lipinski definition) is 1. The first-order chi connectivity index (χ1) is 9.52. The van der Waals surface area contributed by atoms with E-state index in [1.165, 1.54) is 7.05 Å². The lowest BCUT2D eigenvalue weighted by atomic mass is 10.3. The summed E-state index contributed by atoms with van der Waals surface area (Å²) < 4.78 is 31.3. The summed E-state index contributed by atoms with van der Waals surface area (Å²) in [6, 6.07) is 2.57. The van der Waals surface area contributed by atoms with E-state index in [0.29, 0.717) is 6.07 Å². The third kappa shape index (κ3) is 2.60. The monoisotopic (exact) mass is 282 g/mol. The van der Waals surface area contributed by atoms with Crippen molar-refractivity contribution in [2.24, 2.45) is 0 Å². The normalized spacial score (nSPS) is 10.2. The zero-order valence-corrected chi connectivity index (χ0v) is 10.1. The van der Waals surface area contributed by atoms with E-state index in [0.717, 1.165) is 18.5 Å². The van der Waals surface area contributed by atoms with E-state index in [9.17, 15) is 18.9 Å². The van der Waals surface area contributed by atoms with Crippen molar-refractivity contribution >= 4 is 11.5 Å². The maximum atomic E-state index is 13.5. The standard InChI is InChI=1S/C11H8F2N4O3/c1-14-10-9(17(18)19)11(16-5-15-10)20-8-3-2-6(12)4-7(8)13/h2-5H,1H3,(H,14,15,16). The lowest BCUT2D eigenvalue weighted by Gasteiger charge is -2.07. The fourth-order valence-electron chi connectivity index (χ4n) is 1.45. The molecule has 1 aromatic heterocycles. The summed E-state index contributed by atoms with van der Waals surface area (Å²) >= 11 is 0. The summed E-state index contributed by atoms with van der Waals surface area (Å²) in [6.07, 6.45) is 1.02. The number of benzene rings is 1. The van der Waals surface area contributed by atoms with Gasteiger partial charge in [-0.3, -0.25) is 10.1 Å². The average molecular weight is 282 g/mol. The summed E-state index contributed by atoms with van der Waals surface area (Å²) in [6.45, 7) is 0. The van der Waals surface area contributed by atoms with Crippen LogP contribution in [0.25, 0.3) is 0 Å². The molecule has 0 atom stereocenters. The van der Waals surface area contributed by atoms with Crippen LogP contribution in [0.4, 0.5) is 20.3 Å². The molecule has 2 rings (SSSR count). The molecular formula is C11H8F2N4O3. The number of aromatic nitrogens is 2. The Labute approximate surface area is 111 Å². The third-order valence-corrected chi connectivity index (χ3v) is 2.31. The highest BCUT2D eigenvalue weighted by molar-refractivity contribution is 5.61. The van der Waals surface area contributed by atoms with Crippen LogP contribution in [0.5, 0.6) is 11.6 Å². The van der Waals surface area contributed by atoms with Crippen LogP contribution in [0.1, 0.15) is 0 Å². The van der Waals surface area contributed by atoms with Gasteiger partial charge in [-0.1, -0.05) is 0 Å². The minimum Gasteiger partial charge on any atom is -0.430 e. The second kappa shape index (κ2) is 5.43. The summed E-state index contributed by atoms with van der Waals surface area (Å²) in [5, 5.41) is 13.5. The van der Waals surface area contributed by atoms with Gasteiger partial charge in [0.25, 0.3) is 0 Å². The van der Waals surface area contributed by atoms with Crippen LogP contribution in [0, 0.1) is 21.7 Å². The fourth-order valence-corrected chi connectivity index (χ4v) is 1.45. The molecule has 0 spiro atoms. The number of rotatable bonds is 4. The number of ether oxygens (including phenoxy) is 1. The molecule has 2 aromatic rings. The number of halogens is 2. The smallest absolute Gasteiger partial charge is 0.373 e. The van der Waals surface area contributed by atoms with E-state index in [1.807, 2.05) is 0 Å². The molecule has 1 aromatic carbocycles. The summed E-state index contributed by atoms with van der Waals surface area (Å²) in [5.41, 5.74) is -0.543. The highest BCUT2D eigenvalue weighted by atomic mass is 19.1. The van der Waals surface area contributed by atoms with Crippen molar-refractivity contribution < 1.29 is 18.4 Å². The first kappa shape index (κ1) is 13.6. The lowest BCUT2D eigenvalue weighted by Crippen LogP contribution is -2.03. The van der Waals surface area contributed by atoms with E-state index >= 15 is 0 Å². The largest absolute Gasteiger partial charge is 0.430 e. The zero-order chi connectivity index (χ0) is 14.7. The van der Waals surface area contributed by atoms with Crippen LogP contribution < -0.4 is 10.1 Å². The molecule has 0 bridgehead atoms. The predicted octanol–water partition coefficient (Wildman–Crippen LogP) is 2.50. The lowest BCUT2D eigenvalue weighted by molar-refractivity contribution is -0.385. The highest BCUT2D eigenvalue weighted by Gasteiger charge is 2.25. The molecule has 0 aliphatic rings. The van der Waals surface area contributed by atoms with Gasteiger partial charge < -0.3 is 10.1 Å². The van der Waals surface area contributed by atoms with Gasteiger partial charge in [0.2, 0.25) is 5.82 Å². The first-order valence-corrected chi connectivity index (χ1v) is 5.33. The van der Waals surface area contributed by atoms with Crippen molar-refractivity contribution in [1.82, 2.24) is 9.97 Å². The number of nitrogens with zero attached hydrogens (tertiary/aromatic N) is 3. The highest BCUT2D eigenvalue weighted by Crippen LogP contribution is 2.34. The van der Waals surface area contributed by atoms with Crippen LogP contribution in [0.2, 0.25) is 0 Å². The number of anilines is 1. The van der Waals surface area contributed by atoms with Gasteiger partial charge in [-0.05, 0) is 12.1 Å². The molecule has 0 radical (unpaired) electrons. The Hall–Kier alpha value is -2.84. The quantitative estimate of drug-likeness (QED) is 0.684. The SMILES string of the molecule is CNc1ncnc(Oc2ccc(F)cc2F)c1[N+](=O)[O-]. The van der Waals surface area contributed by atoms with Crippen molar-refractivity contribution in [1.29, 1.82) is 0 Å². The van der Waals surface area contributed by atoms with E-state index in [4.69, 9.17) is 4.74 Å². The van der Waals surface area contributed by atoms with Crippen LogP contribution in [-0.2, 0) is 0 Å². The fraction of sp³-hybridized carbons (Fsp3) is 0.0909. The molecule has 9 heteroatoms. The van der Waals surface area contributed by atoms with Gasteiger partial charge in [0.15, 0.2) is 11.6 Å². The molecule has 0 unspecified atom stereocenters. The van der Waals surface area contributed by atoms with Crippen molar-refractivity contribution in [2.75, 3.05) is 12.4 Å². The second-order valence-corrected chi connectivity index (χ2v) is 3.56. The number of nitrogens with one attached hydrogen (secondary N) is 1. The van der Waals surface area contributed by atoms with Crippen molar-refractivity contribution in [3.63, 3.8) is 0 Å². The summed E-state index contributed by atoms with van der Waals surface area (Å²) in [5.74, 6) is -2.69. The van der Waals surface area contributed by atoms with Gasteiger partial charge in [-0.15, -0.1) is 0 Å². The Morgan fingerprint density at radius 3 is 2.70 bits per heavy atom. The molecule has 0 saturated carbocycles. The zero-order valence-electron chi connectivity index (χ0n) is 10.1. The van der Waals surface area contributed by atoms with E-state index < -0.39 is 28.1 Å². The molecule has 0 aliphatic heterocycles. The molecule has 7 nitrogen and oxygen atoms in total.